The Balaban J connectivity index is 1.86. The smallest absolute Gasteiger partial charge is 0.267 e. The predicted molar refractivity (Wildman–Crippen MR) is 110 cm³/mol. The van der Waals surface area contributed by atoms with Crippen molar-refractivity contribution in [1.82, 2.24) is 5.32 Å². The van der Waals surface area contributed by atoms with Gasteiger partial charge in [0.25, 0.3) is 5.91 Å². The first-order chi connectivity index (χ1) is 13.1. The van der Waals surface area contributed by atoms with Crippen LogP contribution in [0.5, 0.6) is 0 Å². The Labute approximate surface area is 161 Å². The van der Waals surface area contributed by atoms with Crippen molar-refractivity contribution in [2.75, 3.05) is 11.9 Å². The third kappa shape index (κ3) is 6.63. The van der Waals surface area contributed by atoms with Gasteiger partial charge in [0.2, 0.25) is 0 Å². The Hall–Kier alpha value is -3.06. The molecule has 0 fully saturated rings. The lowest BCUT2D eigenvalue weighted by atomic mass is 10.1. The Morgan fingerprint density at radius 2 is 1.85 bits per heavy atom. The quantitative estimate of drug-likeness (QED) is 0.392. The van der Waals surface area contributed by atoms with Crippen molar-refractivity contribution in [1.29, 1.82) is 5.26 Å². The van der Waals surface area contributed by atoms with Gasteiger partial charge in [-0.2, -0.15) is 5.26 Å². The van der Waals surface area contributed by atoms with Crippen molar-refractivity contribution in [2.45, 2.75) is 39.5 Å². The molecule has 0 saturated carbocycles. The Bertz CT molecular complexity index is 816. The molecular weight excluding hydrogens is 334 g/mol. The summed E-state index contributed by atoms with van der Waals surface area (Å²) in [6, 6.07) is 17.9. The van der Waals surface area contributed by atoms with Gasteiger partial charge in [0.15, 0.2) is 0 Å². The minimum absolute atomic E-state index is 0.0647. The van der Waals surface area contributed by atoms with Gasteiger partial charge < -0.3 is 10.6 Å². The maximum atomic E-state index is 12.3. The number of unbranched alkanes of at least 4 members (excludes halogenated alkanes) is 1. The number of hydrogen-bond acceptors (Lipinski definition) is 3. The number of nitrogens with one attached hydrogen (secondary N) is 2. The molecule has 4 nitrogen and oxygen atoms in total. The number of amides is 1. The minimum Gasteiger partial charge on any atom is -0.389 e. The van der Waals surface area contributed by atoms with Crippen molar-refractivity contribution in [3.05, 3.63) is 77.0 Å². The fraction of sp³-hybridized carbons (Fsp3) is 0.304. The first-order valence-corrected chi connectivity index (χ1v) is 9.42. The van der Waals surface area contributed by atoms with Crippen LogP contribution in [-0.4, -0.2) is 12.5 Å². The fourth-order valence-electron chi connectivity index (χ4n) is 2.75. The summed E-state index contributed by atoms with van der Waals surface area (Å²) in [5.74, 6) is -0.401. The number of benzene rings is 2. The van der Waals surface area contributed by atoms with Gasteiger partial charge in [-0.1, -0.05) is 49.7 Å². The summed E-state index contributed by atoms with van der Waals surface area (Å²) >= 11 is 0. The second-order valence-electron chi connectivity index (χ2n) is 6.56. The predicted octanol–water partition coefficient (Wildman–Crippen LogP) is 4.52. The van der Waals surface area contributed by atoms with Gasteiger partial charge >= 0.3 is 0 Å². The molecule has 0 saturated heterocycles. The highest BCUT2D eigenvalue weighted by Crippen LogP contribution is 2.13. The lowest BCUT2D eigenvalue weighted by Crippen LogP contribution is -2.18. The molecular formula is C23H27N3O. The molecule has 1 amide bonds. The lowest BCUT2D eigenvalue weighted by molar-refractivity contribution is -0.112. The molecule has 0 atom stereocenters. The molecule has 0 aliphatic rings. The number of anilines is 1. The monoisotopic (exact) mass is 361 g/mol. The van der Waals surface area contributed by atoms with E-state index in [0.717, 1.165) is 25.7 Å². The van der Waals surface area contributed by atoms with E-state index in [9.17, 15) is 10.1 Å². The molecule has 0 spiro atoms. The number of carbonyl (C=O) groups excluding carboxylic acids is 1. The van der Waals surface area contributed by atoms with E-state index in [1.807, 2.05) is 42.5 Å². The summed E-state index contributed by atoms with van der Waals surface area (Å²) in [6.07, 6.45) is 5.68. The molecule has 0 aliphatic carbocycles. The van der Waals surface area contributed by atoms with Gasteiger partial charge in [-0.15, -0.1) is 0 Å². The van der Waals surface area contributed by atoms with E-state index in [0.29, 0.717) is 12.2 Å². The van der Waals surface area contributed by atoms with Crippen LogP contribution in [0.25, 0.3) is 0 Å². The zero-order chi connectivity index (χ0) is 19.5. The summed E-state index contributed by atoms with van der Waals surface area (Å²) in [4.78, 5) is 12.3. The summed E-state index contributed by atoms with van der Waals surface area (Å²) in [7, 11) is 0. The van der Waals surface area contributed by atoms with E-state index < -0.39 is 5.91 Å². The van der Waals surface area contributed by atoms with Crippen LogP contribution in [-0.2, 0) is 17.6 Å². The van der Waals surface area contributed by atoms with Crippen molar-refractivity contribution >= 4 is 11.6 Å². The van der Waals surface area contributed by atoms with E-state index in [-0.39, 0.29) is 5.57 Å². The van der Waals surface area contributed by atoms with E-state index >= 15 is 0 Å². The fourth-order valence-corrected chi connectivity index (χ4v) is 2.75. The Morgan fingerprint density at radius 3 is 2.52 bits per heavy atom. The first kappa shape index (κ1) is 20.3. The molecule has 0 radical (unpaired) electrons. The molecule has 27 heavy (non-hydrogen) atoms. The highest BCUT2D eigenvalue weighted by molar-refractivity contribution is 6.06. The maximum absolute atomic E-state index is 12.3. The topological polar surface area (TPSA) is 64.9 Å². The lowest BCUT2D eigenvalue weighted by Gasteiger charge is -2.07. The first-order valence-electron chi connectivity index (χ1n) is 9.42. The average molecular weight is 361 g/mol. The van der Waals surface area contributed by atoms with Crippen LogP contribution in [0.4, 0.5) is 5.69 Å². The van der Waals surface area contributed by atoms with Crippen molar-refractivity contribution in [3.8, 4) is 6.07 Å². The molecule has 4 heteroatoms. The summed E-state index contributed by atoms with van der Waals surface area (Å²) in [5.41, 5.74) is 4.51. The Morgan fingerprint density at radius 1 is 1.11 bits per heavy atom. The van der Waals surface area contributed by atoms with Crippen LogP contribution in [0.1, 0.15) is 36.5 Å². The highest BCUT2D eigenvalue weighted by atomic mass is 16.1. The normalized spacial score (nSPS) is 10.9. The highest BCUT2D eigenvalue weighted by Gasteiger charge is 2.09. The second-order valence-corrected chi connectivity index (χ2v) is 6.56. The van der Waals surface area contributed by atoms with Gasteiger partial charge in [-0.3, -0.25) is 4.79 Å². The number of aryl methyl sites for hydroxylation is 2. The van der Waals surface area contributed by atoms with E-state index in [1.54, 1.807) is 0 Å². The third-order valence-electron chi connectivity index (χ3n) is 4.44. The van der Waals surface area contributed by atoms with Gasteiger partial charge in [0.05, 0.1) is 0 Å². The van der Waals surface area contributed by atoms with Crippen LogP contribution in [0.15, 0.2) is 60.3 Å². The van der Waals surface area contributed by atoms with Crippen LogP contribution in [0.3, 0.4) is 0 Å². The van der Waals surface area contributed by atoms with Crippen LogP contribution in [0.2, 0.25) is 0 Å². The molecule has 0 bridgehead atoms. The van der Waals surface area contributed by atoms with E-state index in [2.05, 4.69) is 36.6 Å². The molecule has 0 heterocycles. The van der Waals surface area contributed by atoms with Crippen LogP contribution < -0.4 is 10.6 Å². The summed E-state index contributed by atoms with van der Waals surface area (Å²) < 4.78 is 0. The molecule has 2 aromatic carbocycles. The van der Waals surface area contributed by atoms with Gasteiger partial charge in [0, 0.05) is 18.4 Å². The van der Waals surface area contributed by atoms with Gasteiger partial charge in [-0.25, -0.2) is 0 Å². The molecule has 140 valence electrons. The summed E-state index contributed by atoms with van der Waals surface area (Å²) in [5, 5.41) is 15.1. The SMILES string of the molecule is CCCCc1ccc(NC(=O)/C(C#N)=C\NCCc2ccccc2C)cc1. The number of carbonyl (C=O) groups is 1. The van der Waals surface area contributed by atoms with Gasteiger partial charge in [0.1, 0.15) is 11.6 Å². The number of nitrogens with zero attached hydrogens (tertiary/aromatic N) is 1. The number of nitriles is 1. The largest absolute Gasteiger partial charge is 0.389 e. The van der Waals surface area contributed by atoms with Crippen LogP contribution >= 0.6 is 0 Å². The van der Waals surface area contributed by atoms with E-state index in [4.69, 9.17) is 0 Å². The molecule has 0 aliphatic heterocycles. The van der Waals surface area contributed by atoms with Crippen LogP contribution in [0, 0.1) is 18.3 Å². The van der Waals surface area contributed by atoms with Crippen molar-refractivity contribution < 1.29 is 4.79 Å². The third-order valence-corrected chi connectivity index (χ3v) is 4.44. The zero-order valence-electron chi connectivity index (χ0n) is 16.1. The summed E-state index contributed by atoms with van der Waals surface area (Å²) in [6.45, 7) is 4.90. The molecule has 0 aromatic heterocycles. The van der Waals surface area contributed by atoms with E-state index in [1.165, 1.54) is 22.9 Å². The second kappa shape index (κ2) is 10.8. The minimum atomic E-state index is -0.401. The molecule has 2 rings (SSSR count). The standard InChI is InChI=1S/C23H27N3O/c1-3-4-8-19-10-12-22(13-11-19)26-23(27)21(16-24)17-25-15-14-20-9-6-5-7-18(20)2/h5-7,9-13,17,25H,3-4,8,14-15H2,1-2H3,(H,26,27)/b21-17-. The van der Waals surface area contributed by atoms with Crippen molar-refractivity contribution in [3.63, 3.8) is 0 Å². The average Bonchev–Trinajstić information content (AvgIpc) is 2.68. The molecule has 2 aromatic rings. The van der Waals surface area contributed by atoms with Crippen molar-refractivity contribution in [2.24, 2.45) is 0 Å². The maximum Gasteiger partial charge on any atom is 0.267 e. The van der Waals surface area contributed by atoms with Gasteiger partial charge in [-0.05, 0) is 55.0 Å². The zero-order valence-corrected chi connectivity index (χ0v) is 16.1. The Kier molecular flexibility index (Phi) is 8.12. The number of hydrogen-bond donors (Lipinski definition) is 2. The number of rotatable bonds is 9. The molecule has 0 unspecified atom stereocenters. The molecule has 2 N–H and O–H groups in total.